The van der Waals surface area contributed by atoms with E-state index in [2.05, 4.69) is 6.92 Å². The Kier molecular flexibility index (Phi) is 9.64. The molecule has 0 saturated heterocycles. The lowest BCUT2D eigenvalue weighted by Crippen LogP contribution is -2.12. The van der Waals surface area contributed by atoms with Crippen molar-refractivity contribution in [1.29, 1.82) is 0 Å². The number of hydrogen-bond donors (Lipinski definition) is 2. The number of aliphatic hydroxyl groups is 1. The molecule has 1 rings (SSSR count). The second-order valence-corrected chi connectivity index (χ2v) is 6.08. The molecule has 0 spiro atoms. The van der Waals surface area contributed by atoms with Gasteiger partial charge in [-0.1, -0.05) is 64.7 Å². The topological polar surface area (TPSA) is 70.7 Å². The molecule has 1 atom stereocenters. The molecule has 0 aliphatic carbocycles. The van der Waals surface area contributed by atoms with E-state index in [-0.39, 0.29) is 12.2 Å². The van der Waals surface area contributed by atoms with Crippen molar-refractivity contribution >= 4 is 0 Å². The van der Waals surface area contributed by atoms with Crippen LogP contribution in [0.1, 0.15) is 76.9 Å². The summed E-state index contributed by atoms with van der Waals surface area (Å²) in [7, 11) is 0. The standard InChI is InChI=1S/C18H30O4/c1-2-3-4-5-6-7-8-9-10-11-15(19)12-17-13-16(20)14-18(21)22-17/h13-15,19-20H,2-12H2,1H3. The Morgan fingerprint density at radius 1 is 1.00 bits per heavy atom. The lowest BCUT2D eigenvalue weighted by Gasteiger charge is -2.09. The van der Waals surface area contributed by atoms with E-state index in [4.69, 9.17) is 4.42 Å². The zero-order valence-electron chi connectivity index (χ0n) is 13.7. The normalized spacial score (nSPS) is 12.5. The van der Waals surface area contributed by atoms with Gasteiger partial charge in [-0.15, -0.1) is 0 Å². The summed E-state index contributed by atoms with van der Waals surface area (Å²) in [6.45, 7) is 2.23. The molecule has 22 heavy (non-hydrogen) atoms. The summed E-state index contributed by atoms with van der Waals surface area (Å²) in [4.78, 5) is 11.1. The third-order valence-electron chi connectivity index (χ3n) is 3.88. The van der Waals surface area contributed by atoms with Crippen LogP contribution in [0.2, 0.25) is 0 Å². The molecule has 126 valence electrons. The maximum Gasteiger partial charge on any atom is 0.339 e. The van der Waals surface area contributed by atoms with Crippen molar-refractivity contribution in [2.24, 2.45) is 0 Å². The minimum Gasteiger partial charge on any atom is -0.508 e. The minimum absolute atomic E-state index is 0.110. The molecule has 1 aromatic heterocycles. The van der Waals surface area contributed by atoms with E-state index >= 15 is 0 Å². The Morgan fingerprint density at radius 2 is 1.59 bits per heavy atom. The Morgan fingerprint density at radius 3 is 2.18 bits per heavy atom. The molecule has 0 saturated carbocycles. The number of hydrogen-bond acceptors (Lipinski definition) is 4. The third kappa shape index (κ3) is 8.88. The Labute approximate surface area is 133 Å². The largest absolute Gasteiger partial charge is 0.508 e. The van der Waals surface area contributed by atoms with Crippen LogP contribution in [0.15, 0.2) is 21.3 Å². The van der Waals surface area contributed by atoms with Gasteiger partial charge in [-0.25, -0.2) is 4.79 Å². The average molecular weight is 310 g/mol. The van der Waals surface area contributed by atoms with Crippen LogP contribution in [0, 0.1) is 0 Å². The summed E-state index contributed by atoms with van der Waals surface area (Å²) in [5.74, 6) is 0.231. The average Bonchev–Trinajstić information content (AvgIpc) is 2.44. The van der Waals surface area contributed by atoms with E-state index in [1.807, 2.05) is 0 Å². The van der Waals surface area contributed by atoms with Crippen LogP contribution in [-0.4, -0.2) is 16.3 Å². The van der Waals surface area contributed by atoms with Crippen LogP contribution in [0.25, 0.3) is 0 Å². The molecular formula is C18H30O4. The SMILES string of the molecule is CCCCCCCCCCCC(O)Cc1cc(O)cc(=O)o1. The quantitative estimate of drug-likeness (QED) is 0.568. The summed E-state index contributed by atoms with van der Waals surface area (Å²) >= 11 is 0. The molecule has 1 aromatic rings. The summed E-state index contributed by atoms with van der Waals surface area (Å²) in [5.41, 5.74) is -0.578. The predicted molar refractivity (Wildman–Crippen MR) is 88.2 cm³/mol. The van der Waals surface area contributed by atoms with Gasteiger partial charge in [0, 0.05) is 12.5 Å². The first-order valence-corrected chi connectivity index (χ1v) is 8.63. The van der Waals surface area contributed by atoms with E-state index in [0.29, 0.717) is 12.2 Å². The van der Waals surface area contributed by atoms with Gasteiger partial charge in [0.15, 0.2) is 0 Å². The van der Waals surface area contributed by atoms with Gasteiger partial charge in [0.1, 0.15) is 11.5 Å². The Balaban J connectivity index is 2.06. The molecule has 0 fully saturated rings. The van der Waals surface area contributed by atoms with Crippen molar-refractivity contribution in [2.45, 2.75) is 83.7 Å². The maximum atomic E-state index is 11.1. The molecule has 1 heterocycles. The van der Waals surface area contributed by atoms with E-state index in [9.17, 15) is 15.0 Å². The predicted octanol–water partition coefficient (Wildman–Crippen LogP) is 4.17. The van der Waals surface area contributed by atoms with Crippen molar-refractivity contribution in [2.75, 3.05) is 0 Å². The van der Waals surface area contributed by atoms with Gasteiger partial charge in [0.25, 0.3) is 0 Å². The molecule has 0 aliphatic heterocycles. The first-order valence-electron chi connectivity index (χ1n) is 8.63. The lowest BCUT2D eigenvalue weighted by molar-refractivity contribution is 0.152. The van der Waals surface area contributed by atoms with Crippen LogP contribution in [0.3, 0.4) is 0 Å². The zero-order valence-corrected chi connectivity index (χ0v) is 13.7. The van der Waals surface area contributed by atoms with Crippen LogP contribution in [0.5, 0.6) is 5.75 Å². The van der Waals surface area contributed by atoms with Gasteiger partial charge in [0.05, 0.1) is 12.2 Å². The van der Waals surface area contributed by atoms with Crippen molar-refractivity contribution in [3.63, 3.8) is 0 Å². The van der Waals surface area contributed by atoms with Crippen LogP contribution in [0.4, 0.5) is 0 Å². The van der Waals surface area contributed by atoms with Crippen molar-refractivity contribution in [1.82, 2.24) is 0 Å². The highest BCUT2D eigenvalue weighted by Gasteiger charge is 2.09. The summed E-state index contributed by atoms with van der Waals surface area (Å²) < 4.78 is 4.94. The fourth-order valence-electron chi connectivity index (χ4n) is 2.64. The van der Waals surface area contributed by atoms with Gasteiger partial charge < -0.3 is 14.6 Å². The van der Waals surface area contributed by atoms with Crippen molar-refractivity contribution in [3.05, 3.63) is 28.3 Å². The second-order valence-electron chi connectivity index (χ2n) is 6.08. The van der Waals surface area contributed by atoms with Gasteiger partial charge in [-0.3, -0.25) is 0 Å². The van der Waals surface area contributed by atoms with Crippen LogP contribution < -0.4 is 5.63 Å². The number of aliphatic hydroxyl groups excluding tert-OH is 1. The number of rotatable bonds is 12. The van der Waals surface area contributed by atoms with E-state index in [1.54, 1.807) is 0 Å². The second kappa shape index (κ2) is 11.3. The monoisotopic (exact) mass is 310 g/mol. The molecule has 0 amide bonds. The maximum absolute atomic E-state index is 11.1. The van der Waals surface area contributed by atoms with Crippen molar-refractivity contribution in [3.8, 4) is 5.75 Å². The fourth-order valence-corrected chi connectivity index (χ4v) is 2.64. The Bertz CT molecular complexity index is 453. The third-order valence-corrected chi connectivity index (χ3v) is 3.88. The number of unbranched alkanes of at least 4 members (excludes halogenated alkanes) is 8. The van der Waals surface area contributed by atoms with Crippen molar-refractivity contribution < 1.29 is 14.6 Å². The molecule has 0 bridgehead atoms. The molecule has 0 aromatic carbocycles. The fraction of sp³-hybridized carbons (Fsp3) is 0.722. The highest BCUT2D eigenvalue weighted by Crippen LogP contribution is 2.14. The highest BCUT2D eigenvalue weighted by atomic mass is 16.4. The van der Waals surface area contributed by atoms with Gasteiger partial charge in [0.2, 0.25) is 0 Å². The minimum atomic E-state index is -0.578. The Hall–Kier alpha value is -1.29. The zero-order chi connectivity index (χ0) is 16.2. The van der Waals surface area contributed by atoms with Gasteiger partial charge in [-0.2, -0.15) is 0 Å². The molecule has 4 nitrogen and oxygen atoms in total. The van der Waals surface area contributed by atoms with E-state index < -0.39 is 11.7 Å². The molecule has 1 unspecified atom stereocenters. The van der Waals surface area contributed by atoms with E-state index in [0.717, 1.165) is 18.9 Å². The first-order chi connectivity index (χ1) is 10.6. The van der Waals surface area contributed by atoms with Gasteiger partial charge in [-0.05, 0) is 6.42 Å². The molecule has 4 heteroatoms. The van der Waals surface area contributed by atoms with Gasteiger partial charge >= 0.3 is 5.63 Å². The number of aromatic hydroxyl groups is 1. The molecular weight excluding hydrogens is 280 g/mol. The van der Waals surface area contributed by atoms with Crippen LogP contribution >= 0.6 is 0 Å². The molecule has 2 N–H and O–H groups in total. The lowest BCUT2D eigenvalue weighted by atomic mass is 10.0. The first kappa shape index (κ1) is 18.8. The molecule has 0 radical (unpaired) electrons. The highest BCUT2D eigenvalue weighted by molar-refractivity contribution is 5.18. The molecule has 0 aliphatic rings. The van der Waals surface area contributed by atoms with E-state index in [1.165, 1.54) is 51.0 Å². The van der Waals surface area contributed by atoms with Crippen LogP contribution in [-0.2, 0) is 6.42 Å². The summed E-state index contributed by atoms with van der Waals surface area (Å²) in [6, 6.07) is 2.41. The smallest absolute Gasteiger partial charge is 0.339 e. The summed E-state index contributed by atoms with van der Waals surface area (Å²) in [5, 5.41) is 19.3. The summed E-state index contributed by atoms with van der Waals surface area (Å²) in [6.07, 6.45) is 11.7.